The minimum atomic E-state index is -0.674. The molecule has 84 valence electrons. The highest BCUT2D eigenvalue weighted by Gasteiger charge is 2.47. The van der Waals surface area contributed by atoms with E-state index < -0.39 is 5.54 Å². The molecule has 0 spiro atoms. The molecule has 0 aromatic heterocycles. The van der Waals surface area contributed by atoms with Gasteiger partial charge in [-0.1, -0.05) is 37.3 Å². The summed E-state index contributed by atoms with van der Waals surface area (Å²) in [5.41, 5.74) is 0.293. The van der Waals surface area contributed by atoms with Gasteiger partial charge in [-0.3, -0.25) is 9.69 Å². The lowest BCUT2D eigenvalue weighted by Crippen LogP contribution is -2.43. The normalized spacial score (nSPS) is 24.8. The maximum Gasteiger partial charge on any atom is 0.258 e. The van der Waals surface area contributed by atoms with Crippen LogP contribution >= 0.6 is 12.2 Å². The van der Waals surface area contributed by atoms with Crippen molar-refractivity contribution in [3.05, 3.63) is 35.9 Å². The molecule has 0 bridgehead atoms. The largest absolute Gasteiger partial charge is 0.344 e. The van der Waals surface area contributed by atoms with Gasteiger partial charge in [0.15, 0.2) is 5.11 Å². The Morgan fingerprint density at radius 3 is 2.44 bits per heavy atom. The van der Waals surface area contributed by atoms with E-state index in [2.05, 4.69) is 5.32 Å². The van der Waals surface area contributed by atoms with Gasteiger partial charge < -0.3 is 5.32 Å². The molecule has 1 saturated heterocycles. The molecule has 4 heteroatoms. The van der Waals surface area contributed by atoms with Crippen LogP contribution in [0.15, 0.2) is 30.3 Å². The number of likely N-dealkylation sites (N-methyl/N-ethyl adjacent to an activating group) is 1. The highest BCUT2D eigenvalue weighted by molar-refractivity contribution is 7.80. The van der Waals surface area contributed by atoms with Crippen molar-refractivity contribution in [1.29, 1.82) is 0 Å². The summed E-state index contributed by atoms with van der Waals surface area (Å²) in [5, 5.41) is 3.64. The van der Waals surface area contributed by atoms with Crippen LogP contribution in [0, 0.1) is 0 Å². The van der Waals surface area contributed by atoms with E-state index in [1.165, 1.54) is 4.90 Å². The molecule has 0 radical (unpaired) electrons. The van der Waals surface area contributed by atoms with Crippen molar-refractivity contribution >= 4 is 23.2 Å². The van der Waals surface area contributed by atoms with Crippen molar-refractivity contribution in [2.45, 2.75) is 18.9 Å². The first-order chi connectivity index (χ1) is 7.62. The molecule has 0 aliphatic carbocycles. The van der Waals surface area contributed by atoms with Crippen molar-refractivity contribution in [1.82, 2.24) is 10.2 Å². The third-order valence-electron chi connectivity index (χ3n) is 3.09. The Kier molecular flexibility index (Phi) is 2.68. The molecule has 1 heterocycles. The molecule has 1 fully saturated rings. The average molecular weight is 234 g/mol. The number of thiocarbonyl (C=S) groups is 1. The van der Waals surface area contributed by atoms with Crippen LogP contribution in [0.4, 0.5) is 0 Å². The second-order valence-corrected chi connectivity index (χ2v) is 4.31. The van der Waals surface area contributed by atoms with Crippen LogP contribution in [0.5, 0.6) is 0 Å². The third kappa shape index (κ3) is 1.41. The molecule has 1 atom stereocenters. The fraction of sp³-hybridized carbons (Fsp3) is 0.333. The smallest absolute Gasteiger partial charge is 0.258 e. The summed E-state index contributed by atoms with van der Waals surface area (Å²) in [5.74, 6) is 0.0196. The third-order valence-corrected chi connectivity index (χ3v) is 3.47. The quantitative estimate of drug-likeness (QED) is 0.790. The van der Waals surface area contributed by atoms with Gasteiger partial charge in [0.2, 0.25) is 0 Å². The fourth-order valence-corrected chi connectivity index (χ4v) is 2.32. The molecule has 2 rings (SSSR count). The monoisotopic (exact) mass is 234 g/mol. The number of amides is 1. The van der Waals surface area contributed by atoms with E-state index in [-0.39, 0.29) is 5.91 Å². The van der Waals surface area contributed by atoms with Gasteiger partial charge in [-0.25, -0.2) is 0 Å². The van der Waals surface area contributed by atoms with E-state index in [4.69, 9.17) is 12.2 Å². The van der Waals surface area contributed by atoms with Crippen LogP contribution in [-0.4, -0.2) is 23.0 Å². The summed E-state index contributed by atoms with van der Waals surface area (Å²) in [6.07, 6.45) is 0.681. The van der Waals surface area contributed by atoms with E-state index in [1.54, 1.807) is 7.05 Å². The number of rotatable bonds is 2. The van der Waals surface area contributed by atoms with Gasteiger partial charge in [0.25, 0.3) is 5.91 Å². The number of carbonyl (C=O) groups excluding carboxylic acids is 1. The Morgan fingerprint density at radius 2 is 2.00 bits per heavy atom. The zero-order chi connectivity index (χ0) is 11.8. The predicted molar refractivity (Wildman–Crippen MR) is 66.9 cm³/mol. The molecule has 16 heavy (non-hydrogen) atoms. The average Bonchev–Trinajstić information content (AvgIpc) is 2.55. The predicted octanol–water partition coefficient (Wildman–Crippen LogP) is 1.64. The van der Waals surface area contributed by atoms with Gasteiger partial charge in [-0.05, 0) is 24.2 Å². The topological polar surface area (TPSA) is 32.3 Å². The molecule has 1 aliphatic rings. The van der Waals surface area contributed by atoms with Gasteiger partial charge in [-0.2, -0.15) is 0 Å². The van der Waals surface area contributed by atoms with Crippen molar-refractivity contribution in [2.75, 3.05) is 7.05 Å². The molecular weight excluding hydrogens is 220 g/mol. The number of nitrogens with one attached hydrogen (secondary N) is 1. The van der Waals surface area contributed by atoms with Crippen molar-refractivity contribution in [3.63, 3.8) is 0 Å². The van der Waals surface area contributed by atoms with Gasteiger partial charge in [-0.15, -0.1) is 0 Å². The number of carbonyl (C=O) groups is 1. The van der Waals surface area contributed by atoms with Crippen LogP contribution in [0.1, 0.15) is 18.9 Å². The molecule has 1 amide bonds. The van der Waals surface area contributed by atoms with Crippen LogP contribution in [0.25, 0.3) is 0 Å². The summed E-state index contributed by atoms with van der Waals surface area (Å²) < 4.78 is 0. The molecule has 1 aromatic carbocycles. The zero-order valence-corrected chi connectivity index (χ0v) is 10.2. The second kappa shape index (κ2) is 3.87. The first-order valence-electron chi connectivity index (χ1n) is 5.27. The van der Waals surface area contributed by atoms with E-state index >= 15 is 0 Å². The molecule has 1 N–H and O–H groups in total. The zero-order valence-electron chi connectivity index (χ0n) is 9.36. The minimum Gasteiger partial charge on any atom is -0.344 e. The standard InChI is InChI=1S/C12H14N2OS/c1-3-12(9-7-5-4-6-8-9)10(15)14(2)11(16)13-12/h4-8H,3H2,1-2H3,(H,13,16). The maximum atomic E-state index is 12.2. The molecule has 1 aliphatic heterocycles. The number of benzene rings is 1. The number of hydrogen-bond donors (Lipinski definition) is 1. The van der Waals surface area contributed by atoms with Crippen molar-refractivity contribution in [3.8, 4) is 0 Å². The molecule has 1 aromatic rings. The fourth-order valence-electron chi connectivity index (χ4n) is 2.06. The summed E-state index contributed by atoms with van der Waals surface area (Å²) >= 11 is 5.13. The molecule has 3 nitrogen and oxygen atoms in total. The Labute approximate surface area is 100 Å². The lowest BCUT2D eigenvalue weighted by molar-refractivity contribution is -0.130. The molecular formula is C12H14N2OS. The van der Waals surface area contributed by atoms with E-state index in [9.17, 15) is 4.79 Å². The molecule has 1 unspecified atom stereocenters. The van der Waals surface area contributed by atoms with Crippen LogP contribution < -0.4 is 5.32 Å². The highest BCUT2D eigenvalue weighted by Crippen LogP contribution is 2.31. The summed E-state index contributed by atoms with van der Waals surface area (Å²) in [6.45, 7) is 1.99. The first kappa shape index (κ1) is 11.1. The van der Waals surface area contributed by atoms with Crippen LogP contribution in [-0.2, 0) is 10.3 Å². The van der Waals surface area contributed by atoms with Gasteiger partial charge in [0.1, 0.15) is 5.54 Å². The Balaban J connectivity index is 2.50. The van der Waals surface area contributed by atoms with E-state index in [0.717, 1.165) is 5.56 Å². The maximum absolute atomic E-state index is 12.2. The molecule has 0 saturated carbocycles. The number of hydrogen-bond acceptors (Lipinski definition) is 2. The Morgan fingerprint density at radius 1 is 1.38 bits per heavy atom. The van der Waals surface area contributed by atoms with Gasteiger partial charge >= 0.3 is 0 Å². The van der Waals surface area contributed by atoms with E-state index in [1.807, 2.05) is 37.3 Å². The summed E-state index contributed by atoms with van der Waals surface area (Å²) in [6, 6.07) is 9.72. The van der Waals surface area contributed by atoms with Gasteiger partial charge in [0, 0.05) is 7.05 Å². The van der Waals surface area contributed by atoms with Crippen LogP contribution in [0.2, 0.25) is 0 Å². The van der Waals surface area contributed by atoms with Gasteiger partial charge in [0.05, 0.1) is 0 Å². The minimum absolute atomic E-state index is 0.0196. The van der Waals surface area contributed by atoms with Crippen LogP contribution in [0.3, 0.4) is 0 Å². The summed E-state index contributed by atoms with van der Waals surface area (Å²) in [4.78, 5) is 13.8. The first-order valence-corrected chi connectivity index (χ1v) is 5.68. The lowest BCUT2D eigenvalue weighted by atomic mass is 9.87. The Hall–Kier alpha value is -1.42. The number of nitrogens with zero attached hydrogens (tertiary/aromatic N) is 1. The lowest BCUT2D eigenvalue weighted by Gasteiger charge is -2.25. The van der Waals surface area contributed by atoms with Crippen molar-refractivity contribution < 1.29 is 4.79 Å². The van der Waals surface area contributed by atoms with Crippen molar-refractivity contribution in [2.24, 2.45) is 0 Å². The highest BCUT2D eigenvalue weighted by atomic mass is 32.1. The SMILES string of the molecule is CCC1(c2ccccc2)NC(=S)N(C)C1=O. The summed E-state index contributed by atoms with van der Waals surface area (Å²) in [7, 11) is 1.71. The Bertz CT molecular complexity index is 432. The van der Waals surface area contributed by atoms with E-state index in [0.29, 0.717) is 11.5 Å². The second-order valence-electron chi connectivity index (χ2n) is 3.92.